The Hall–Kier alpha value is -2.96. The summed E-state index contributed by atoms with van der Waals surface area (Å²) >= 11 is 7.65. The minimum atomic E-state index is -0.620. The second-order valence-electron chi connectivity index (χ2n) is 8.10. The van der Waals surface area contributed by atoms with E-state index in [1.54, 1.807) is 30.8 Å². The van der Waals surface area contributed by atoms with Crippen molar-refractivity contribution in [3.8, 4) is 5.75 Å². The van der Waals surface area contributed by atoms with Gasteiger partial charge in [0.2, 0.25) is 11.8 Å². The lowest BCUT2D eigenvalue weighted by atomic mass is 10.0. The Morgan fingerprint density at radius 3 is 2.40 bits per heavy atom. The molecule has 0 aromatic heterocycles. The molecule has 184 valence electrons. The zero-order chi connectivity index (χ0) is 25.0. The van der Waals surface area contributed by atoms with Gasteiger partial charge in [0, 0.05) is 36.4 Å². The second kappa shape index (κ2) is 13.8. The van der Waals surface area contributed by atoms with Crippen molar-refractivity contribution in [2.45, 2.75) is 36.7 Å². The molecule has 0 aliphatic heterocycles. The molecule has 0 radical (unpaired) electrons. The molecule has 0 aliphatic carbocycles. The number of methoxy groups -OCH3 is 1. The van der Waals surface area contributed by atoms with Crippen LogP contribution in [0.15, 0.2) is 83.8 Å². The van der Waals surface area contributed by atoms with Crippen molar-refractivity contribution in [1.29, 1.82) is 0 Å². The van der Waals surface area contributed by atoms with Crippen LogP contribution in [0.25, 0.3) is 0 Å². The summed E-state index contributed by atoms with van der Waals surface area (Å²) < 4.78 is 5.36. The lowest BCUT2D eigenvalue weighted by Crippen LogP contribution is -2.49. The highest BCUT2D eigenvalue weighted by molar-refractivity contribution is 7.99. The lowest BCUT2D eigenvalue weighted by molar-refractivity contribution is -0.141. The summed E-state index contributed by atoms with van der Waals surface area (Å²) in [6, 6.07) is 24.5. The molecular formula is C28H31ClN2O3S. The summed E-state index contributed by atoms with van der Waals surface area (Å²) in [7, 11) is 3.22. The van der Waals surface area contributed by atoms with Crippen LogP contribution in [0.5, 0.6) is 5.75 Å². The van der Waals surface area contributed by atoms with E-state index >= 15 is 0 Å². The molecule has 0 saturated carbocycles. The van der Waals surface area contributed by atoms with E-state index in [0.717, 1.165) is 21.8 Å². The van der Waals surface area contributed by atoms with E-state index in [1.807, 2.05) is 78.9 Å². The van der Waals surface area contributed by atoms with Crippen LogP contribution in [-0.2, 0) is 22.6 Å². The van der Waals surface area contributed by atoms with Crippen molar-refractivity contribution in [3.63, 3.8) is 0 Å². The first-order valence-corrected chi connectivity index (χ1v) is 12.9. The van der Waals surface area contributed by atoms with Gasteiger partial charge in [-0.3, -0.25) is 9.59 Å². The average Bonchev–Trinajstić information content (AvgIpc) is 2.89. The minimum Gasteiger partial charge on any atom is -0.497 e. The molecule has 3 aromatic rings. The molecule has 0 spiro atoms. The molecule has 0 bridgehead atoms. The van der Waals surface area contributed by atoms with Gasteiger partial charge in [0.05, 0.1) is 7.11 Å². The third-order valence-corrected chi connectivity index (χ3v) is 6.97. The number of carbonyl (C=O) groups excluding carboxylic acids is 2. The second-order valence-corrected chi connectivity index (χ2v) is 9.70. The third-order valence-electron chi connectivity index (χ3n) is 5.62. The summed E-state index contributed by atoms with van der Waals surface area (Å²) in [4.78, 5) is 29.3. The Morgan fingerprint density at radius 1 is 1.00 bits per heavy atom. The van der Waals surface area contributed by atoms with Crippen LogP contribution in [0.3, 0.4) is 0 Å². The molecule has 0 unspecified atom stereocenters. The first kappa shape index (κ1) is 26.6. The predicted octanol–water partition coefficient (Wildman–Crippen LogP) is 5.61. The highest BCUT2D eigenvalue weighted by Gasteiger charge is 2.29. The molecule has 7 heteroatoms. The largest absolute Gasteiger partial charge is 0.497 e. The molecule has 1 N–H and O–H groups in total. The molecule has 1 atom stereocenters. The maximum atomic E-state index is 13.5. The zero-order valence-electron chi connectivity index (χ0n) is 20.1. The van der Waals surface area contributed by atoms with Gasteiger partial charge < -0.3 is 15.0 Å². The lowest BCUT2D eigenvalue weighted by Gasteiger charge is -2.31. The molecule has 0 saturated heterocycles. The van der Waals surface area contributed by atoms with Gasteiger partial charge in [0.25, 0.3) is 0 Å². The quantitative estimate of drug-likeness (QED) is 0.254. The molecule has 3 aromatic carbocycles. The molecule has 0 aliphatic rings. The van der Waals surface area contributed by atoms with E-state index in [1.165, 1.54) is 0 Å². The molecule has 35 heavy (non-hydrogen) atoms. The average molecular weight is 511 g/mol. The molecule has 2 amide bonds. The highest BCUT2D eigenvalue weighted by Crippen LogP contribution is 2.23. The summed E-state index contributed by atoms with van der Waals surface area (Å²) in [5.41, 5.74) is 1.91. The minimum absolute atomic E-state index is 0.0472. The monoisotopic (exact) mass is 510 g/mol. The van der Waals surface area contributed by atoms with Crippen molar-refractivity contribution < 1.29 is 14.3 Å². The third kappa shape index (κ3) is 8.34. The van der Waals surface area contributed by atoms with Crippen molar-refractivity contribution in [1.82, 2.24) is 10.2 Å². The fourth-order valence-electron chi connectivity index (χ4n) is 3.78. The standard InChI is InChI=1S/C28H31ClN2O3S/c1-30-28(33)26(19-21-8-4-3-5-9-21)31(20-22-10-6-11-24(18-22)34-2)27(32)12-7-17-35-25-15-13-23(29)14-16-25/h3-6,8-11,13-16,18,26H,7,12,17,19-20H2,1-2H3,(H,30,33)/t26-/m1/s1. The van der Waals surface area contributed by atoms with Crippen LogP contribution in [0.4, 0.5) is 0 Å². The van der Waals surface area contributed by atoms with Crippen molar-refractivity contribution in [2.24, 2.45) is 0 Å². The Labute approximate surface area is 216 Å². The normalized spacial score (nSPS) is 11.5. The number of nitrogens with one attached hydrogen (secondary N) is 1. The number of likely N-dealkylation sites (N-methyl/N-ethyl adjacent to an activating group) is 1. The molecule has 0 heterocycles. The number of amides is 2. The summed E-state index contributed by atoms with van der Waals surface area (Å²) in [5.74, 6) is 1.28. The molecule has 0 fully saturated rings. The van der Waals surface area contributed by atoms with Crippen LogP contribution in [0, 0.1) is 0 Å². The first-order chi connectivity index (χ1) is 17.0. The van der Waals surface area contributed by atoms with Gasteiger partial charge in [-0.2, -0.15) is 0 Å². The predicted molar refractivity (Wildman–Crippen MR) is 143 cm³/mol. The Kier molecular flexibility index (Phi) is 10.5. The molecule has 3 rings (SSSR count). The van der Waals surface area contributed by atoms with E-state index in [0.29, 0.717) is 36.6 Å². The van der Waals surface area contributed by atoms with E-state index in [4.69, 9.17) is 16.3 Å². The van der Waals surface area contributed by atoms with Gasteiger partial charge >= 0.3 is 0 Å². The van der Waals surface area contributed by atoms with Crippen molar-refractivity contribution >= 4 is 35.2 Å². The van der Waals surface area contributed by atoms with Crippen LogP contribution in [0.1, 0.15) is 24.0 Å². The Morgan fingerprint density at radius 2 is 1.71 bits per heavy atom. The highest BCUT2D eigenvalue weighted by atomic mass is 35.5. The van der Waals surface area contributed by atoms with Gasteiger partial charge in [-0.1, -0.05) is 54.1 Å². The van der Waals surface area contributed by atoms with Gasteiger partial charge in [-0.25, -0.2) is 0 Å². The van der Waals surface area contributed by atoms with Crippen LogP contribution < -0.4 is 10.1 Å². The summed E-state index contributed by atoms with van der Waals surface area (Å²) in [6.07, 6.45) is 1.50. The zero-order valence-corrected chi connectivity index (χ0v) is 21.6. The van der Waals surface area contributed by atoms with Crippen molar-refractivity contribution in [2.75, 3.05) is 19.9 Å². The fourth-order valence-corrected chi connectivity index (χ4v) is 4.75. The number of carbonyl (C=O) groups is 2. The maximum absolute atomic E-state index is 13.5. The molecular weight excluding hydrogens is 480 g/mol. The Bertz CT molecular complexity index is 1090. The van der Waals surface area contributed by atoms with E-state index in [2.05, 4.69) is 5.32 Å². The number of nitrogens with zero attached hydrogens (tertiary/aromatic N) is 1. The van der Waals surface area contributed by atoms with E-state index < -0.39 is 6.04 Å². The SMILES string of the molecule is CNC(=O)[C@@H](Cc1ccccc1)N(Cc1cccc(OC)c1)C(=O)CCCSc1ccc(Cl)cc1. The number of ether oxygens (including phenoxy) is 1. The van der Waals surface area contributed by atoms with E-state index in [9.17, 15) is 9.59 Å². The first-order valence-electron chi connectivity index (χ1n) is 11.6. The topological polar surface area (TPSA) is 58.6 Å². The van der Waals surface area contributed by atoms with Gasteiger partial charge in [-0.15, -0.1) is 11.8 Å². The van der Waals surface area contributed by atoms with Gasteiger partial charge in [-0.05, 0) is 59.7 Å². The van der Waals surface area contributed by atoms with Crippen molar-refractivity contribution in [3.05, 3.63) is 95.0 Å². The summed E-state index contributed by atoms with van der Waals surface area (Å²) in [6.45, 7) is 0.325. The molecule has 5 nitrogen and oxygen atoms in total. The smallest absolute Gasteiger partial charge is 0.242 e. The number of rotatable bonds is 12. The van der Waals surface area contributed by atoms with E-state index in [-0.39, 0.29) is 11.8 Å². The summed E-state index contributed by atoms with van der Waals surface area (Å²) in [5, 5.41) is 3.45. The number of hydrogen-bond acceptors (Lipinski definition) is 4. The van der Waals surface area contributed by atoms with Gasteiger partial charge in [0.15, 0.2) is 0 Å². The fraction of sp³-hybridized carbons (Fsp3) is 0.286. The number of hydrogen-bond donors (Lipinski definition) is 1. The van der Waals surface area contributed by atoms with Crippen LogP contribution in [-0.4, -0.2) is 42.7 Å². The maximum Gasteiger partial charge on any atom is 0.242 e. The number of halogens is 1. The van der Waals surface area contributed by atoms with Crippen LogP contribution in [0.2, 0.25) is 5.02 Å². The number of thioether (sulfide) groups is 1. The Balaban J connectivity index is 1.75. The number of benzene rings is 3. The van der Waals surface area contributed by atoms with Gasteiger partial charge in [0.1, 0.15) is 11.8 Å². The van der Waals surface area contributed by atoms with Crippen LogP contribution >= 0.6 is 23.4 Å².